The normalized spacial score (nSPS) is 11.7. The summed E-state index contributed by atoms with van der Waals surface area (Å²) in [6.07, 6.45) is 0. The van der Waals surface area contributed by atoms with Gasteiger partial charge in [-0.3, -0.25) is 0 Å². The van der Waals surface area contributed by atoms with Gasteiger partial charge in [-0.05, 0) is 210 Å². The van der Waals surface area contributed by atoms with E-state index in [0.717, 1.165) is 111 Å². The Balaban J connectivity index is 0.680. The average Bonchev–Trinajstić information content (AvgIpc) is 4.30. The summed E-state index contributed by atoms with van der Waals surface area (Å²) in [7, 11) is 0. The van der Waals surface area contributed by atoms with Crippen molar-refractivity contribution >= 4 is 110 Å². The highest BCUT2D eigenvalue weighted by atomic mass is 16.3. The minimum atomic E-state index is 0.865. The molecule has 0 aliphatic heterocycles. The Labute approximate surface area is 474 Å². The maximum atomic E-state index is 6.70. The van der Waals surface area contributed by atoms with E-state index in [1.54, 1.807) is 0 Å². The number of nitrogens with zero attached hydrogens (tertiary/aromatic N) is 2. The van der Waals surface area contributed by atoms with Crippen LogP contribution in [0.2, 0.25) is 0 Å². The highest BCUT2D eigenvalue weighted by molar-refractivity contribution is 6.16. The number of anilines is 6. The lowest BCUT2D eigenvalue weighted by molar-refractivity contribution is 0.668. The van der Waals surface area contributed by atoms with Crippen LogP contribution in [0.4, 0.5) is 34.1 Å². The largest absolute Gasteiger partial charge is 0.456 e. The number of fused-ring (bicyclic) bond motifs is 9. The molecule has 0 fully saturated rings. The Hall–Kier alpha value is -10.9. The minimum absolute atomic E-state index is 0.865. The second-order valence-electron chi connectivity index (χ2n) is 21.3. The van der Waals surface area contributed by atoms with Crippen molar-refractivity contribution in [2.75, 3.05) is 9.80 Å². The molecule has 0 saturated carbocycles. The number of furan rings is 2. The van der Waals surface area contributed by atoms with Gasteiger partial charge in [-0.15, -0.1) is 0 Å². The molecule has 384 valence electrons. The van der Waals surface area contributed by atoms with Gasteiger partial charge in [0.1, 0.15) is 22.3 Å². The molecule has 0 radical (unpaired) electrons. The van der Waals surface area contributed by atoms with Crippen molar-refractivity contribution < 1.29 is 8.83 Å². The molecule has 16 rings (SSSR count). The Morgan fingerprint density at radius 2 is 0.488 bits per heavy atom. The summed E-state index contributed by atoms with van der Waals surface area (Å²) in [6, 6.07) is 109. The zero-order valence-corrected chi connectivity index (χ0v) is 44.6. The molecular weight excluding hydrogens is 997 g/mol. The van der Waals surface area contributed by atoms with Gasteiger partial charge >= 0.3 is 0 Å². The number of para-hydroxylation sites is 2. The number of hydrogen-bond donors (Lipinski definition) is 0. The lowest BCUT2D eigenvalue weighted by Crippen LogP contribution is -2.09. The lowest BCUT2D eigenvalue weighted by Gasteiger charge is -2.26. The highest BCUT2D eigenvalue weighted by Crippen LogP contribution is 2.43. The predicted molar refractivity (Wildman–Crippen MR) is 345 cm³/mol. The van der Waals surface area contributed by atoms with Crippen LogP contribution in [0.5, 0.6) is 0 Å². The molecule has 2 heterocycles. The molecule has 0 aliphatic carbocycles. The highest BCUT2D eigenvalue weighted by Gasteiger charge is 2.19. The SMILES string of the molecule is c1ccc(-c2cccc(N(c3ccccc3)c3ccc4cc(-c5ccc6c(c5)oc5cc7cc8c(cc7cc56)oc5cc(-c6ccc7cc(N(c9ccccc9)c9cccc(-c%10ccccc%10)c9)ccc7c6)ccc58)ccc4c3)c2)cc1. The fourth-order valence-corrected chi connectivity index (χ4v) is 12.2. The van der Waals surface area contributed by atoms with Gasteiger partial charge in [-0.25, -0.2) is 0 Å². The van der Waals surface area contributed by atoms with Crippen molar-refractivity contribution in [1.29, 1.82) is 0 Å². The average molecular weight is 1050 g/mol. The predicted octanol–water partition coefficient (Wildman–Crippen LogP) is 22.6. The van der Waals surface area contributed by atoms with E-state index < -0.39 is 0 Å². The molecule has 0 saturated heterocycles. The molecule has 14 aromatic carbocycles. The summed E-state index contributed by atoms with van der Waals surface area (Å²) in [5.41, 5.74) is 19.3. The van der Waals surface area contributed by atoms with Crippen LogP contribution in [0.3, 0.4) is 0 Å². The molecule has 0 spiro atoms. The van der Waals surface area contributed by atoms with Crippen molar-refractivity contribution in [2.45, 2.75) is 0 Å². The molecule has 16 aromatic rings. The Morgan fingerprint density at radius 1 is 0.171 bits per heavy atom. The van der Waals surface area contributed by atoms with Gasteiger partial charge in [-0.2, -0.15) is 0 Å². The summed E-state index contributed by atoms with van der Waals surface area (Å²) in [5, 5.41) is 11.3. The molecule has 4 heteroatoms. The Kier molecular flexibility index (Phi) is 11.2. The zero-order valence-electron chi connectivity index (χ0n) is 44.6. The number of hydrogen-bond acceptors (Lipinski definition) is 4. The molecule has 0 bridgehead atoms. The smallest absolute Gasteiger partial charge is 0.136 e. The Bertz CT molecular complexity index is 4780. The third-order valence-electron chi connectivity index (χ3n) is 16.3. The molecule has 2 aromatic heterocycles. The topological polar surface area (TPSA) is 32.8 Å². The van der Waals surface area contributed by atoms with E-state index in [-0.39, 0.29) is 0 Å². The van der Waals surface area contributed by atoms with Crippen LogP contribution < -0.4 is 9.80 Å². The van der Waals surface area contributed by atoms with Crippen LogP contribution in [0.15, 0.2) is 312 Å². The first-order valence-corrected chi connectivity index (χ1v) is 27.9. The van der Waals surface area contributed by atoms with E-state index in [9.17, 15) is 0 Å². The van der Waals surface area contributed by atoms with E-state index in [2.05, 4.69) is 313 Å². The second kappa shape index (κ2) is 19.5. The van der Waals surface area contributed by atoms with E-state index in [0.29, 0.717) is 0 Å². The van der Waals surface area contributed by atoms with Crippen molar-refractivity contribution in [3.63, 3.8) is 0 Å². The summed E-state index contributed by atoms with van der Waals surface area (Å²) in [5.74, 6) is 0. The molecule has 0 N–H and O–H groups in total. The van der Waals surface area contributed by atoms with Crippen LogP contribution in [0.25, 0.3) is 121 Å². The summed E-state index contributed by atoms with van der Waals surface area (Å²) >= 11 is 0. The van der Waals surface area contributed by atoms with Crippen molar-refractivity contribution in [2.24, 2.45) is 0 Å². The molecule has 82 heavy (non-hydrogen) atoms. The van der Waals surface area contributed by atoms with Gasteiger partial charge in [0.05, 0.1) is 0 Å². The van der Waals surface area contributed by atoms with Crippen LogP contribution in [0.1, 0.15) is 0 Å². The zero-order chi connectivity index (χ0) is 54.1. The van der Waals surface area contributed by atoms with Gasteiger partial charge in [0.15, 0.2) is 0 Å². The third kappa shape index (κ3) is 8.41. The van der Waals surface area contributed by atoms with Crippen molar-refractivity contribution in [3.05, 3.63) is 303 Å². The van der Waals surface area contributed by atoms with Gasteiger partial charge in [0, 0.05) is 55.7 Å². The molecule has 0 atom stereocenters. The maximum Gasteiger partial charge on any atom is 0.136 e. The van der Waals surface area contributed by atoms with Crippen molar-refractivity contribution in [3.8, 4) is 44.5 Å². The fraction of sp³-hybridized carbons (Fsp3) is 0. The molecule has 0 amide bonds. The van der Waals surface area contributed by atoms with Gasteiger partial charge in [-0.1, -0.05) is 170 Å². The Morgan fingerprint density at radius 3 is 0.927 bits per heavy atom. The van der Waals surface area contributed by atoms with Gasteiger partial charge < -0.3 is 18.6 Å². The van der Waals surface area contributed by atoms with E-state index in [1.165, 1.54) is 43.8 Å². The number of rotatable bonds is 10. The fourth-order valence-electron chi connectivity index (χ4n) is 12.2. The first kappa shape index (κ1) is 47.1. The van der Waals surface area contributed by atoms with Gasteiger partial charge in [0.25, 0.3) is 0 Å². The summed E-state index contributed by atoms with van der Waals surface area (Å²) in [6.45, 7) is 0. The van der Waals surface area contributed by atoms with Crippen LogP contribution in [-0.2, 0) is 0 Å². The standard InChI is InChI=1S/C78H50N2O2/c1-5-15-51(16-6-1)53-19-13-25-67(41-53)79(65-21-9-3-10-22-65)69-35-31-57-39-55(27-29-59(57)43-69)61-33-37-71-73-45-63-50-78-74(46-64(63)49-77(73)81-75(71)47-61)72-38-34-62(48-76(72)82-78)56-28-30-60-44-70(36-32-58(60)40-56)80(66-23-11-4-12-24-66)68-26-14-20-54(42-68)52-17-7-2-8-18-52/h1-50H. The molecular formula is C78H50N2O2. The van der Waals surface area contributed by atoms with Crippen LogP contribution in [0, 0.1) is 0 Å². The molecule has 0 unspecified atom stereocenters. The monoisotopic (exact) mass is 1050 g/mol. The van der Waals surface area contributed by atoms with E-state index in [1.807, 2.05) is 0 Å². The molecule has 0 aliphatic rings. The maximum absolute atomic E-state index is 6.70. The second-order valence-corrected chi connectivity index (χ2v) is 21.3. The van der Waals surface area contributed by atoms with E-state index in [4.69, 9.17) is 8.83 Å². The number of benzene rings is 14. The minimum Gasteiger partial charge on any atom is -0.456 e. The summed E-state index contributed by atoms with van der Waals surface area (Å²) < 4.78 is 13.4. The third-order valence-corrected chi connectivity index (χ3v) is 16.3. The first-order chi connectivity index (χ1) is 40.6. The van der Waals surface area contributed by atoms with Crippen molar-refractivity contribution in [1.82, 2.24) is 0 Å². The lowest BCUT2D eigenvalue weighted by atomic mass is 9.98. The van der Waals surface area contributed by atoms with E-state index >= 15 is 0 Å². The quantitative estimate of drug-likeness (QED) is 0.137. The molecule has 4 nitrogen and oxygen atoms in total. The van der Waals surface area contributed by atoms with Crippen LogP contribution in [-0.4, -0.2) is 0 Å². The first-order valence-electron chi connectivity index (χ1n) is 27.9. The van der Waals surface area contributed by atoms with Crippen LogP contribution >= 0.6 is 0 Å². The summed E-state index contributed by atoms with van der Waals surface area (Å²) in [4.78, 5) is 4.67. The van der Waals surface area contributed by atoms with Gasteiger partial charge in [0.2, 0.25) is 0 Å².